The molecule has 2 aliphatic rings. The summed E-state index contributed by atoms with van der Waals surface area (Å²) >= 11 is 0. The van der Waals surface area contributed by atoms with Crippen LogP contribution in [0.25, 0.3) is 0 Å². The Kier molecular flexibility index (Phi) is 6.93. The fourth-order valence-electron chi connectivity index (χ4n) is 3.97. The van der Waals surface area contributed by atoms with Crippen molar-refractivity contribution in [2.75, 3.05) is 19.7 Å². The average molecular weight is 341 g/mol. The lowest BCUT2D eigenvalue weighted by molar-refractivity contribution is 0.0119. The lowest BCUT2D eigenvalue weighted by Crippen LogP contribution is -2.54. The monoisotopic (exact) mass is 340 g/mol. The second kappa shape index (κ2) is 8.52. The molecule has 0 aromatic carbocycles. The molecule has 2 atom stereocenters. The number of piperidine rings is 1. The molecule has 2 rings (SSSR count). The van der Waals surface area contributed by atoms with Gasteiger partial charge < -0.3 is 20.1 Å². The highest BCUT2D eigenvalue weighted by atomic mass is 16.6. The van der Waals surface area contributed by atoms with Crippen molar-refractivity contribution >= 4 is 6.09 Å². The van der Waals surface area contributed by atoms with Crippen molar-refractivity contribution in [3.05, 3.63) is 0 Å². The van der Waals surface area contributed by atoms with E-state index < -0.39 is 5.60 Å². The Morgan fingerprint density at radius 2 is 1.88 bits per heavy atom. The predicted molar refractivity (Wildman–Crippen MR) is 96.0 cm³/mol. The lowest BCUT2D eigenvalue weighted by atomic mass is 9.84. The Labute approximate surface area is 147 Å². The summed E-state index contributed by atoms with van der Waals surface area (Å²) in [5.74, 6) is 0.987. The number of hydrogen-bond donors (Lipinski definition) is 2. The molecule has 0 aromatic rings. The van der Waals surface area contributed by atoms with Gasteiger partial charge in [0.2, 0.25) is 0 Å². The number of carbonyl (C=O) groups excluding carboxylic acids is 1. The zero-order chi connectivity index (χ0) is 17.7. The summed E-state index contributed by atoms with van der Waals surface area (Å²) in [6, 6.07) is 1.06. The van der Waals surface area contributed by atoms with E-state index in [1.165, 1.54) is 0 Å². The lowest BCUT2D eigenvalue weighted by Gasteiger charge is -2.41. The van der Waals surface area contributed by atoms with Crippen LogP contribution in [0.3, 0.4) is 0 Å². The first-order valence-corrected chi connectivity index (χ1v) is 9.67. The summed E-state index contributed by atoms with van der Waals surface area (Å²) in [5.41, 5.74) is -0.431. The van der Waals surface area contributed by atoms with Gasteiger partial charge in [0, 0.05) is 31.8 Å². The van der Waals surface area contributed by atoms with Gasteiger partial charge in [0.25, 0.3) is 0 Å². The molecule has 0 radical (unpaired) electrons. The molecule has 24 heavy (non-hydrogen) atoms. The van der Waals surface area contributed by atoms with Gasteiger partial charge in [-0.05, 0) is 64.7 Å². The van der Waals surface area contributed by atoms with Gasteiger partial charge in [-0.1, -0.05) is 13.3 Å². The van der Waals surface area contributed by atoms with Crippen molar-refractivity contribution in [3.63, 3.8) is 0 Å². The standard InChI is InChI=1S/C19H36N2O3/c1-5-15-12-21(18(23)24-19(2,3)4)11-10-17(15)20-16-8-6-14(13-22)7-9-16/h14-17,20,22H,5-13H2,1-4H3. The van der Waals surface area contributed by atoms with Gasteiger partial charge >= 0.3 is 6.09 Å². The zero-order valence-corrected chi connectivity index (χ0v) is 15.9. The molecule has 5 nitrogen and oxygen atoms in total. The molecule has 1 aliphatic carbocycles. The molecule has 1 saturated heterocycles. The van der Waals surface area contributed by atoms with Crippen molar-refractivity contribution in [2.24, 2.45) is 11.8 Å². The Bertz CT molecular complexity index is 400. The van der Waals surface area contributed by atoms with E-state index in [1.54, 1.807) is 0 Å². The second-order valence-corrected chi connectivity index (χ2v) is 8.56. The summed E-state index contributed by atoms with van der Waals surface area (Å²) in [7, 11) is 0. The highest BCUT2D eigenvalue weighted by molar-refractivity contribution is 5.68. The molecule has 2 fully saturated rings. The van der Waals surface area contributed by atoms with E-state index in [0.29, 0.717) is 30.5 Å². The molecule has 0 spiro atoms. The molecule has 1 heterocycles. The number of nitrogens with zero attached hydrogens (tertiary/aromatic N) is 1. The maximum Gasteiger partial charge on any atom is 0.410 e. The van der Waals surface area contributed by atoms with Crippen LogP contribution in [0, 0.1) is 11.8 Å². The number of nitrogens with one attached hydrogen (secondary N) is 1. The molecule has 0 aromatic heterocycles. The number of amides is 1. The maximum absolute atomic E-state index is 12.3. The molecule has 5 heteroatoms. The van der Waals surface area contributed by atoms with Crippen LogP contribution >= 0.6 is 0 Å². The molecular formula is C19H36N2O3. The number of aliphatic hydroxyl groups is 1. The number of aliphatic hydroxyl groups excluding tert-OH is 1. The zero-order valence-electron chi connectivity index (χ0n) is 15.9. The number of rotatable bonds is 4. The van der Waals surface area contributed by atoms with Crippen molar-refractivity contribution < 1.29 is 14.6 Å². The highest BCUT2D eigenvalue weighted by Crippen LogP contribution is 2.27. The first-order valence-electron chi connectivity index (χ1n) is 9.67. The Balaban J connectivity index is 1.83. The third kappa shape index (κ3) is 5.62. The van der Waals surface area contributed by atoms with Crippen LogP contribution in [0.15, 0.2) is 0 Å². The number of likely N-dealkylation sites (tertiary alicyclic amines) is 1. The van der Waals surface area contributed by atoms with E-state index in [0.717, 1.165) is 51.6 Å². The van der Waals surface area contributed by atoms with Crippen LogP contribution in [-0.2, 0) is 4.74 Å². The summed E-state index contributed by atoms with van der Waals surface area (Å²) in [6.45, 7) is 9.85. The summed E-state index contributed by atoms with van der Waals surface area (Å²) < 4.78 is 5.52. The van der Waals surface area contributed by atoms with E-state index >= 15 is 0 Å². The van der Waals surface area contributed by atoms with Crippen LogP contribution in [0.1, 0.15) is 66.2 Å². The van der Waals surface area contributed by atoms with Crippen LogP contribution in [0.5, 0.6) is 0 Å². The van der Waals surface area contributed by atoms with Gasteiger partial charge in [-0.15, -0.1) is 0 Å². The van der Waals surface area contributed by atoms with Crippen LogP contribution in [0.2, 0.25) is 0 Å². The molecule has 140 valence electrons. The molecule has 0 bridgehead atoms. The second-order valence-electron chi connectivity index (χ2n) is 8.56. The smallest absolute Gasteiger partial charge is 0.410 e. The molecule has 1 saturated carbocycles. The molecule has 1 amide bonds. The molecular weight excluding hydrogens is 304 g/mol. The van der Waals surface area contributed by atoms with E-state index in [9.17, 15) is 9.90 Å². The Hall–Kier alpha value is -0.810. The summed E-state index contributed by atoms with van der Waals surface area (Å²) in [6.07, 6.45) is 6.47. The first kappa shape index (κ1) is 19.5. The van der Waals surface area contributed by atoms with Gasteiger partial charge in [-0.2, -0.15) is 0 Å². The topological polar surface area (TPSA) is 61.8 Å². The molecule has 2 N–H and O–H groups in total. The first-order chi connectivity index (χ1) is 11.3. The largest absolute Gasteiger partial charge is 0.444 e. The quantitative estimate of drug-likeness (QED) is 0.825. The third-order valence-electron chi connectivity index (χ3n) is 5.46. The minimum Gasteiger partial charge on any atom is -0.444 e. The maximum atomic E-state index is 12.3. The normalized spacial score (nSPS) is 31.8. The van der Waals surface area contributed by atoms with Crippen molar-refractivity contribution in [1.29, 1.82) is 0 Å². The van der Waals surface area contributed by atoms with Gasteiger partial charge in [0.05, 0.1) is 0 Å². The van der Waals surface area contributed by atoms with Gasteiger partial charge in [0.15, 0.2) is 0 Å². The molecule has 1 aliphatic heterocycles. The summed E-state index contributed by atoms with van der Waals surface area (Å²) in [5, 5.41) is 13.1. The van der Waals surface area contributed by atoms with Crippen molar-refractivity contribution in [2.45, 2.75) is 83.9 Å². The van der Waals surface area contributed by atoms with Gasteiger partial charge in [-0.3, -0.25) is 0 Å². The fraction of sp³-hybridized carbons (Fsp3) is 0.947. The minimum absolute atomic E-state index is 0.178. The van der Waals surface area contributed by atoms with Gasteiger partial charge in [-0.25, -0.2) is 4.79 Å². The SMILES string of the molecule is CCC1CN(C(=O)OC(C)(C)C)CCC1NC1CCC(CO)CC1. The number of carbonyl (C=O) groups is 1. The third-order valence-corrected chi connectivity index (χ3v) is 5.46. The Morgan fingerprint density at radius 3 is 2.42 bits per heavy atom. The van der Waals surface area contributed by atoms with E-state index in [4.69, 9.17) is 4.74 Å². The Morgan fingerprint density at radius 1 is 1.21 bits per heavy atom. The summed E-state index contributed by atoms with van der Waals surface area (Å²) in [4.78, 5) is 14.2. The minimum atomic E-state index is -0.431. The van der Waals surface area contributed by atoms with Crippen molar-refractivity contribution in [3.8, 4) is 0 Å². The van der Waals surface area contributed by atoms with E-state index in [2.05, 4.69) is 12.2 Å². The number of hydrogen-bond acceptors (Lipinski definition) is 4. The highest BCUT2D eigenvalue weighted by Gasteiger charge is 2.34. The average Bonchev–Trinajstić information content (AvgIpc) is 2.54. The van der Waals surface area contributed by atoms with E-state index in [1.807, 2.05) is 25.7 Å². The predicted octanol–water partition coefficient (Wildman–Crippen LogP) is 3.16. The van der Waals surface area contributed by atoms with Crippen LogP contribution in [-0.4, -0.2) is 53.5 Å². The van der Waals surface area contributed by atoms with Crippen LogP contribution < -0.4 is 5.32 Å². The van der Waals surface area contributed by atoms with Crippen LogP contribution in [0.4, 0.5) is 4.79 Å². The van der Waals surface area contributed by atoms with Crippen molar-refractivity contribution in [1.82, 2.24) is 10.2 Å². The van der Waals surface area contributed by atoms with Gasteiger partial charge in [0.1, 0.15) is 5.60 Å². The van der Waals surface area contributed by atoms with E-state index in [-0.39, 0.29) is 6.09 Å². The fourth-order valence-corrected chi connectivity index (χ4v) is 3.97. The molecule has 2 unspecified atom stereocenters. The number of ether oxygens (including phenoxy) is 1.